The number of H-pyrrole nitrogens is 1. The van der Waals surface area contributed by atoms with E-state index in [9.17, 15) is 0 Å². The molecule has 4 aromatic heterocycles. The fourth-order valence-electron chi connectivity index (χ4n) is 2.62. The first-order valence-corrected chi connectivity index (χ1v) is 6.47. The average Bonchev–Trinajstić information content (AvgIpc) is 2.91. The van der Waals surface area contributed by atoms with Crippen molar-refractivity contribution >= 4 is 21.8 Å². The Balaban J connectivity index is 2.10. The van der Waals surface area contributed by atoms with E-state index in [0.717, 1.165) is 38.8 Å². The van der Waals surface area contributed by atoms with Crippen LogP contribution in [0, 0.1) is 6.92 Å². The Bertz CT molecular complexity index is 924. The molecule has 0 aromatic carbocycles. The standard InChI is InChI=1S/C16H12N4/c1-10-11-4-8-18-15(12(11)5-7-17-10)14-9-20-16-13(14)3-2-6-19-16/h2-9H,1H3,(H,19,20). The van der Waals surface area contributed by atoms with Crippen LogP contribution in [-0.2, 0) is 0 Å². The maximum Gasteiger partial charge on any atom is 0.137 e. The summed E-state index contributed by atoms with van der Waals surface area (Å²) >= 11 is 0. The van der Waals surface area contributed by atoms with Crippen molar-refractivity contribution in [2.45, 2.75) is 6.92 Å². The highest BCUT2D eigenvalue weighted by Gasteiger charge is 2.11. The molecule has 0 amide bonds. The quantitative estimate of drug-likeness (QED) is 0.570. The molecular weight excluding hydrogens is 248 g/mol. The molecule has 20 heavy (non-hydrogen) atoms. The van der Waals surface area contributed by atoms with Crippen molar-refractivity contribution < 1.29 is 0 Å². The third-order valence-electron chi connectivity index (χ3n) is 3.60. The van der Waals surface area contributed by atoms with Gasteiger partial charge in [-0.15, -0.1) is 0 Å². The SMILES string of the molecule is Cc1nccc2c(-c3c[nH]c4ncccc34)nccc12. The summed E-state index contributed by atoms with van der Waals surface area (Å²) in [6.07, 6.45) is 7.42. The van der Waals surface area contributed by atoms with Crippen molar-refractivity contribution in [2.75, 3.05) is 0 Å². The third-order valence-corrected chi connectivity index (χ3v) is 3.60. The van der Waals surface area contributed by atoms with Crippen molar-refractivity contribution in [3.63, 3.8) is 0 Å². The van der Waals surface area contributed by atoms with Gasteiger partial charge in [0.2, 0.25) is 0 Å². The van der Waals surface area contributed by atoms with E-state index in [4.69, 9.17) is 0 Å². The zero-order valence-corrected chi connectivity index (χ0v) is 11.0. The van der Waals surface area contributed by atoms with Gasteiger partial charge in [0.15, 0.2) is 0 Å². The highest BCUT2D eigenvalue weighted by atomic mass is 14.8. The van der Waals surface area contributed by atoms with Crippen LogP contribution in [0.4, 0.5) is 0 Å². The highest BCUT2D eigenvalue weighted by Crippen LogP contribution is 2.31. The molecule has 0 saturated carbocycles. The number of fused-ring (bicyclic) bond motifs is 2. The molecular formula is C16H12N4. The molecule has 0 spiro atoms. The Hall–Kier alpha value is -2.75. The number of rotatable bonds is 1. The summed E-state index contributed by atoms with van der Waals surface area (Å²) in [5, 5.41) is 3.34. The van der Waals surface area contributed by atoms with E-state index in [1.165, 1.54) is 0 Å². The lowest BCUT2D eigenvalue weighted by Crippen LogP contribution is -1.89. The molecule has 0 saturated heterocycles. The summed E-state index contributed by atoms with van der Waals surface area (Å²) in [5.41, 5.74) is 3.94. The number of nitrogens with zero attached hydrogens (tertiary/aromatic N) is 3. The minimum Gasteiger partial charge on any atom is -0.345 e. The van der Waals surface area contributed by atoms with E-state index in [-0.39, 0.29) is 0 Å². The number of aryl methyl sites for hydroxylation is 1. The smallest absolute Gasteiger partial charge is 0.137 e. The monoisotopic (exact) mass is 260 g/mol. The first-order valence-electron chi connectivity index (χ1n) is 6.47. The zero-order valence-electron chi connectivity index (χ0n) is 11.0. The van der Waals surface area contributed by atoms with E-state index < -0.39 is 0 Å². The summed E-state index contributed by atoms with van der Waals surface area (Å²) < 4.78 is 0. The van der Waals surface area contributed by atoms with E-state index in [0.29, 0.717) is 0 Å². The number of pyridine rings is 3. The van der Waals surface area contributed by atoms with Crippen LogP contribution in [0.2, 0.25) is 0 Å². The van der Waals surface area contributed by atoms with Crippen molar-refractivity contribution in [2.24, 2.45) is 0 Å². The largest absolute Gasteiger partial charge is 0.345 e. The second kappa shape index (κ2) is 4.13. The van der Waals surface area contributed by atoms with Crippen molar-refractivity contribution in [3.05, 3.63) is 54.7 Å². The Morgan fingerprint density at radius 2 is 1.70 bits per heavy atom. The van der Waals surface area contributed by atoms with Gasteiger partial charge < -0.3 is 4.98 Å². The van der Waals surface area contributed by atoms with Gasteiger partial charge in [0.25, 0.3) is 0 Å². The Labute approximate surface area is 115 Å². The molecule has 0 bridgehead atoms. The summed E-state index contributed by atoms with van der Waals surface area (Å²) in [6, 6.07) is 8.02. The van der Waals surface area contributed by atoms with Crippen LogP contribution in [0.3, 0.4) is 0 Å². The molecule has 4 rings (SSSR count). The van der Waals surface area contributed by atoms with Gasteiger partial charge >= 0.3 is 0 Å². The van der Waals surface area contributed by atoms with Gasteiger partial charge in [0.05, 0.1) is 5.69 Å². The lowest BCUT2D eigenvalue weighted by molar-refractivity contribution is 1.23. The second-order valence-corrected chi connectivity index (χ2v) is 4.75. The minimum absolute atomic E-state index is 0.882. The third kappa shape index (κ3) is 1.51. The van der Waals surface area contributed by atoms with Gasteiger partial charge in [-0.1, -0.05) is 0 Å². The maximum atomic E-state index is 4.57. The van der Waals surface area contributed by atoms with Gasteiger partial charge in [-0.25, -0.2) is 4.98 Å². The van der Waals surface area contributed by atoms with Crippen LogP contribution in [0.5, 0.6) is 0 Å². The predicted octanol–water partition coefficient (Wildman–Crippen LogP) is 3.48. The molecule has 0 atom stereocenters. The Kier molecular flexibility index (Phi) is 2.29. The maximum absolute atomic E-state index is 4.57. The topological polar surface area (TPSA) is 54.5 Å². The molecule has 0 aliphatic carbocycles. The molecule has 0 aliphatic rings. The van der Waals surface area contributed by atoms with E-state index in [1.807, 2.05) is 43.7 Å². The highest BCUT2D eigenvalue weighted by molar-refractivity contribution is 6.02. The first-order chi connectivity index (χ1) is 9.84. The summed E-state index contributed by atoms with van der Waals surface area (Å²) in [6.45, 7) is 2.02. The minimum atomic E-state index is 0.882. The van der Waals surface area contributed by atoms with E-state index in [2.05, 4.69) is 26.0 Å². The second-order valence-electron chi connectivity index (χ2n) is 4.75. The van der Waals surface area contributed by atoms with Gasteiger partial charge in [-0.3, -0.25) is 9.97 Å². The van der Waals surface area contributed by atoms with Crippen LogP contribution in [0.1, 0.15) is 5.69 Å². The predicted molar refractivity (Wildman–Crippen MR) is 79.4 cm³/mol. The molecule has 4 nitrogen and oxygen atoms in total. The Morgan fingerprint density at radius 1 is 0.850 bits per heavy atom. The summed E-state index contributed by atoms with van der Waals surface area (Å²) in [7, 11) is 0. The molecule has 4 aromatic rings. The molecule has 0 radical (unpaired) electrons. The van der Waals surface area contributed by atoms with E-state index >= 15 is 0 Å². The summed E-state index contributed by atoms with van der Waals surface area (Å²) in [4.78, 5) is 16.4. The van der Waals surface area contributed by atoms with Crippen LogP contribution in [0.15, 0.2) is 49.1 Å². The number of aromatic nitrogens is 4. The first kappa shape index (κ1) is 11.1. The van der Waals surface area contributed by atoms with Crippen LogP contribution in [0.25, 0.3) is 33.1 Å². The van der Waals surface area contributed by atoms with Gasteiger partial charge in [0, 0.05) is 52.2 Å². The van der Waals surface area contributed by atoms with Crippen LogP contribution < -0.4 is 0 Å². The van der Waals surface area contributed by atoms with Gasteiger partial charge in [-0.2, -0.15) is 0 Å². The van der Waals surface area contributed by atoms with Crippen LogP contribution in [-0.4, -0.2) is 19.9 Å². The molecule has 0 fully saturated rings. The summed E-state index contributed by atoms with van der Waals surface area (Å²) in [5.74, 6) is 0. The molecule has 0 unspecified atom stereocenters. The molecule has 4 heterocycles. The number of hydrogen-bond acceptors (Lipinski definition) is 3. The van der Waals surface area contributed by atoms with Crippen molar-refractivity contribution in [1.29, 1.82) is 0 Å². The van der Waals surface area contributed by atoms with Gasteiger partial charge in [0.1, 0.15) is 5.65 Å². The number of aromatic amines is 1. The van der Waals surface area contributed by atoms with Crippen LogP contribution >= 0.6 is 0 Å². The van der Waals surface area contributed by atoms with E-state index in [1.54, 1.807) is 6.20 Å². The normalized spacial score (nSPS) is 11.2. The number of hydrogen-bond donors (Lipinski definition) is 1. The van der Waals surface area contributed by atoms with Crippen molar-refractivity contribution in [1.82, 2.24) is 19.9 Å². The molecule has 0 aliphatic heterocycles. The fourth-order valence-corrected chi connectivity index (χ4v) is 2.62. The lowest BCUT2D eigenvalue weighted by Gasteiger charge is -2.06. The van der Waals surface area contributed by atoms with Crippen molar-refractivity contribution in [3.8, 4) is 11.3 Å². The molecule has 96 valence electrons. The average molecular weight is 260 g/mol. The number of nitrogens with one attached hydrogen (secondary N) is 1. The zero-order chi connectivity index (χ0) is 13.5. The lowest BCUT2D eigenvalue weighted by atomic mass is 10.0. The fraction of sp³-hybridized carbons (Fsp3) is 0.0625. The van der Waals surface area contributed by atoms with Gasteiger partial charge in [-0.05, 0) is 31.2 Å². The molecule has 1 N–H and O–H groups in total. The molecule has 4 heteroatoms. The Morgan fingerprint density at radius 3 is 2.65 bits per heavy atom.